The Balaban J connectivity index is 1.42. The number of ketones is 1. The molecule has 0 saturated carbocycles. The zero-order valence-electron chi connectivity index (χ0n) is 21.6. The Morgan fingerprint density at radius 1 is 0.974 bits per heavy atom. The van der Waals surface area contributed by atoms with E-state index in [1.54, 1.807) is 42.5 Å². The van der Waals surface area contributed by atoms with E-state index in [-0.39, 0.29) is 29.5 Å². The first-order chi connectivity index (χ1) is 18.8. The number of hydrogen-bond donors (Lipinski definition) is 2. The van der Waals surface area contributed by atoms with Crippen LogP contribution in [0.1, 0.15) is 21.5 Å². The van der Waals surface area contributed by atoms with E-state index in [9.17, 15) is 19.5 Å². The smallest absolute Gasteiger partial charge is 0.326 e. The largest absolute Gasteiger partial charge is 0.493 e. The average molecular weight is 534 g/mol. The van der Waals surface area contributed by atoms with E-state index < -0.39 is 24.5 Å². The van der Waals surface area contributed by atoms with Gasteiger partial charge in [-0.05, 0) is 41.5 Å². The molecule has 0 spiro atoms. The van der Waals surface area contributed by atoms with Crippen LogP contribution in [0.2, 0.25) is 0 Å². The summed E-state index contributed by atoms with van der Waals surface area (Å²) in [5.41, 5.74) is 1.71. The molecule has 10 heteroatoms. The Morgan fingerprint density at radius 2 is 1.67 bits per heavy atom. The lowest BCUT2D eigenvalue weighted by Crippen LogP contribution is -2.44. The van der Waals surface area contributed by atoms with Gasteiger partial charge in [0.2, 0.25) is 11.5 Å². The first kappa shape index (κ1) is 27.1. The number of rotatable bonds is 11. The molecule has 10 nitrogen and oxygen atoms in total. The van der Waals surface area contributed by atoms with Crippen molar-refractivity contribution in [2.75, 3.05) is 27.9 Å². The highest BCUT2D eigenvalue weighted by molar-refractivity contribution is 6.14. The summed E-state index contributed by atoms with van der Waals surface area (Å²) in [6.45, 7) is -0.417. The van der Waals surface area contributed by atoms with Gasteiger partial charge in [-0.1, -0.05) is 30.3 Å². The summed E-state index contributed by atoms with van der Waals surface area (Å²) in [5.74, 6) is -0.173. The maximum Gasteiger partial charge on any atom is 0.326 e. The summed E-state index contributed by atoms with van der Waals surface area (Å²) in [7, 11) is 4.49. The topological polar surface area (TPSA) is 130 Å². The highest BCUT2D eigenvalue weighted by Crippen LogP contribution is 2.40. The van der Waals surface area contributed by atoms with Crippen LogP contribution in [0.15, 0.2) is 66.4 Å². The second kappa shape index (κ2) is 12.0. The number of carboxylic acid groups (broad SMARTS) is 1. The molecule has 1 aliphatic rings. The first-order valence-electron chi connectivity index (χ1n) is 11.9. The van der Waals surface area contributed by atoms with E-state index >= 15 is 0 Å². The predicted molar refractivity (Wildman–Crippen MR) is 141 cm³/mol. The van der Waals surface area contributed by atoms with E-state index in [1.807, 2.05) is 6.07 Å². The van der Waals surface area contributed by atoms with Crippen molar-refractivity contribution in [3.05, 3.63) is 83.1 Å². The molecule has 1 aliphatic heterocycles. The molecule has 0 bridgehead atoms. The quantitative estimate of drug-likeness (QED) is 0.356. The molecular formula is C29H27NO9. The van der Waals surface area contributed by atoms with Gasteiger partial charge in [0.1, 0.15) is 17.5 Å². The maximum atomic E-state index is 12.9. The summed E-state index contributed by atoms with van der Waals surface area (Å²) >= 11 is 0. The number of carbonyl (C=O) groups is 3. The van der Waals surface area contributed by atoms with Crippen molar-refractivity contribution in [2.24, 2.45) is 0 Å². The van der Waals surface area contributed by atoms with Crippen LogP contribution in [0.5, 0.6) is 28.7 Å². The van der Waals surface area contributed by atoms with Gasteiger partial charge in [-0.2, -0.15) is 0 Å². The van der Waals surface area contributed by atoms with Crippen molar-refractivity contribution < 1.29 is 43.2 Å². The number of methoxy groups -OCH3 is 3. The van der Waals surface area contributed by atoms with Gasteiger partial charge in [-0.15, -0.1) is 0 Å². The van der Waals surface area contributed by atoms with Crippen LogP contribution in [-0.2, 0) is 16.0 Å². The summed E-state index contributed by atoms with van der Waals surface area (Å²) in [5, 5.41) is 12.0. The number of amides is 1. The molecule has 3 aromatic rings. The van der Waals surface area contributed by atoms with Crippen molar-refractivity contribution in [1.82, 2.24) is 5.32 Å². The molecule has 39 heavy (non-hydrogen) atoms. The molecular weight excluding hydrogens is 506 g/mol. The third kappa shape index (κ3) is 6.30. The number of aliphatic carboxylic acids is 1. The summed E-state index contributed by atoms with van der Waals surface area (Å²) in [4.78, 5) is 36.9. The highest BCUT2D eigenvalue weighted by Gasteiger charge is 2.28. The van der Waals surface area contributed by atoms with Crippen LogP contribution >= 0.6 is 0 Å². The third-order valence-electron chi connectivity index (χ3n) is 5.91. The van der Waals surface area contributed by atoms with Gasteiger partial charge in [0.25, 0.3) is 5.91 Å². The highest BCUT2D eigenvalue weighted by atomic mass is 16.5. The lowest BCUT2D eigenvalue weighted by Gasteiger charge is -2.15. The molecule has 1 amide bonds. The SMILES string of the molecule is COc1cc(/C=C2\Oc3cc(OCC(=O)N[C@@H](Cc4ccccc4)C(=O)O)ccc3C2=O)cc(OC)c1OC. The molecule has 3 aromatic carbocycles. The monoisotopic (exact) mass is 533 g/mol. The van der Waals surface area contributed by atoms with E-state index in [4.69, 9.17) is 23.7 Å². The normalized spacial score (nSPS) is 13.7. The minimum absolute atomic E-state index is 0.0828. The maximum absolute atomic E-state index is 12.9. The molecule has 1 atom stereocenters. The molecule has 0 aromatic heterocycles. The fourth-order valence-corrected chi connectivity index (χ4v) is 4.03. The van der Waals surface area contributed by atoms with Crippen molar-refractivity contribution in [1.29, 1.82) is 0 Å². The van der Waals surface area contributed by atoms with Crippen molar-refractivity contribution in [3.8, 4) is 28.7 Å². The zero-order valence-corrected chi connectivity index (χ0v) is 21.6. The van der Waals surface area contributed by atoms with Crippen LogP contribution in [0.25, 0.3) is 6.08 Å². The second-order valence-corrected chi connectivity index (χ2v) is 8.49. The summed E-state index contributed by atoms with van der Waals surface area (Å²) < 4.78 is 27.4. The van der Waals surface area contributed by atoms with Gasteiger partial charge in [0.15, 0.2) is 23.9 Å². The van der Waals surface area contributed by atoms with Gasteiger partial charge in [0, 0.05) is 12.5 Å². The zero-order chi connectivity index (χ0) is 27.9. The minimum Gasteiger partial charge on any atom is -0.493 e. The van der Waals surface area contributed by atoms with Gasteiger partial charge in [-0.3, -0.25) is 9.59 Å². The van der Waals surface area contributed by atoms with Crippen LogP contribution in [0, 0.1) is 0 Å². The summed E-state index contributed by atoms with van der Waals surface area (Å²) in [6.07, 6.45) is 1.69. The van der Waals surface area contributed by atoms with Crippen LogP contribution in [0.4, 0.5) is 0 Å². The van der Waals surface area contributed by atoms with Crippen molar-refractivity contribution in [2.45, 2.75) is 12.5 Å². The number of nitrogens with one attached hydrogen (secondary N) is 1. The fourth-order valence-electron chi connectivity index (χ4n) is 4.03. The number of carbonyl (C=O) groups excluding carboxylic acids is 2. The second-order valence-electron chi connectivity index (χ2n) is 8.49. The Kier molecular flexibility index (Phi) is 8.35. The third-order valence-corrected chi connectivity index (χ3v) is 5.91. The molecule has 4 rings (SSSR count). The Hall–Kier alpha value is -4.99. The first-order valence-corrected chi connectivity index (χ1v) is 11.9. The van der Waals surface area contributed by atoms with E-state index in [0.29, 0.717) is 28.4 Å². The van der Waals surface area contributed by atoms with Crippen LogP contribution < -0.4 is 29.0 Å². The number of allylic oxidation sites excluding steroid dienone is 1. The average Bonchev–Trinajstić information content (AvgIpc) is 3.25. The Morgan fingerprint density at radius 3 is 2.28 bits per heavy atom. The van der Waals surface area contributed by atoms with Gasteiger partial charge in [-0.25, -0.2) is 4.79 Å². The lowest BCUT2D eigenvalue weighted by molar-refractivity contribution is -0.142. The number of ether oxygens (including phenoxy) is 5. The molecule has 0 radical (unpaired) electrons. The van der Waals surface area contributed by atoms with E-state index in [0.717, 1.165) is 5.56 Å². The van der Waals surface area contributed by atoms with Gasteiger partial charge in [0.05, 0.1) is 26.9 Å². The van der Waals surface area contributed by atoms with Gasteiger partial charge >= 0.3 is 5.97 Å². The van der Waals surface area contributed by atoms with Gasteiger partial charge < -0.3 is 34.1 Å². The van der Waals surface area contributed by atoms with Crippen molar-refractivity contribution >= 4 is 23.7 Å². The number of Topliss-reactive ketones (excluding diaryl/α,β-unsaturated/α-hetero) is 1. The number of fused-ring (bicyclic) bond motifs is 1. The number of carboxylic acids is 1. The number of hydrogen-bond acceptors (Lipinski definition) is 8. The Labute approximate surface area is 224 Å². The molecule has 202 valence electrons. The van der Waals surface area contributed by atoms with Crippen LogP contribution in [0.3, 0.4) is 0 Å². The van der Waals surface area contributed by atoms with Crippen molar-refractivity contribution in [3.63, 3.8) is 0 Å². The molecule has 0 saturated heterocycles. The molecule has 0 fully saturated rings. The fraction of sp³-hybridized carbons (Fsp3) is 0.207. The van der Waals surface area contributed by atoms with Crippen LogP contribution in [-0.4, -0.2) is 56.7 Å². The van der Waals surface area contributed by atoms with E-state index in [2.05, 4.69) is 5.32 Å². The molecule has 1 heterocycles. The predicted octanol–water partition coefficient (Wildman–Crippen LogP) is 3.52. The van der Waals surface area contributed by atoms with E-state index in [1.165, 1.54) is 39.5 Å². The molecule has 0 unspecified atom stereocenters. The Bertz CT molecular complexity index is 1390. The number of benzene rings is 3. The lowest BCUT2D eigenvalue weighted by atomic mass is 10.1. The minimum atomic E-state index is -1.15. The molecule has 2 N–H and O–H groups in total. The standard InChI is InChI=1S/C29H27NO9/c1-35-24-13-18(14-25(36-2)28(24)37-3)12-23-27(32)20-10-9-19(15-22(20)39-23)38-16-26(31)30-21(29(33)34)11-17-7-5-4-6-8-17/h4-10,12-15,21H,11,16H2,1-3H3,(H,30,31)(H,33,34)/b23-12-/t21-/m0/s1. The molecule has 0 aliphatic carbocycles. The summed E-state index contributed by atoms with van der Waals surface area (Å²) in [6, 6.07) is 15.8.